The average Bonchev–Trinajstić information content (AvgIpc) is 3.80. The van der Waals surface area contributed by atoms with Crippen LogP contribution in [0.25, 0.3) is 72.7 Å². The highest BCUT2D eigenvalue weighted by Gasteiger charge is 2.70. The first kappa shape index (κ1) is 43.7. The summed E-state index contributed by atoms with van der Waals surface area (Å²) in [5, 5.41) is 0. The van der Waals surface area contributed by atoms with Gasteiger partial charge in [-0.05, 0) is 193 Å². The molecular weight excluding hydrogens is 851 g/mol. The molecule has 1 unspecified atom stereocenters. The molecule has 1 spiro atoms. The van der Waals surface area contributed by atoms with Crippen LogP contribution in [0, 0.1) is 62.3 Å². The Morgan fingerprint density at radius 1 is 0.571 bits per heavy atom. The Balaban J connectivity index is 1.28. The minimum absolute atomic E-state index is 0.0170. The van der Waals surface area contributed by atoms with Crippen molar-refractivity contribution in [2.45, 2.75) is 160 Å². The van der Waals surface area contributed by atoms with Crippen LogP contribution >= 0.6 is 0 Å². The van der Waals surface area contributed by atoms with Crippen molar-refractivity contribution in [3.8, 4) is 67.5 Å². The van der Waals surface area contributed by atoms with Gasteiger partial charge in [-0.15, -0.1) is 9.13 Å². The summed E-state index contributed by atoms with van der Waals surface area (Å²) >= 11 is 0. The molecule has 5 heterocycles. The number of para-hydroxylation sites is 1. The second kappa shape index (κ2) is 15.1. The lowest BCUT2D eigenvalue weighted by molar-refractivity contribution is -0.999. The van der Waals surface area contributed by atoms with E-state index in [2.05, 4.69) is 196 Å². The monoisotopic (exact) mass is 926 g/mol. The number of fused-ring (bicyclic) bond motifs is 5. The molecule has 11 rings (SSSR count). The van der Waals surface area contributed by atoms with E-state index in [0.717, 1.165) is 61.7 Å². The lowest BCUT2D eigenvalue weighted by Crippen LogP contribution is -2.79. The number of nitrogens with zero attached hydrogens (tertiary/aromatic N) is 3. The summed E-state index contributed by atoms with van der Waals surface area (Å²) in [6.45, 7) is 42.7. The van der Waals surface area contributed by atoms with Gasteiger partial charge in [-0.1, -0.05) is 112 Å². The zero-order chi connectivity index (χ0) is 52.0. The Morgan fingerprint density at radius 2 is 1.16 bits per heavy atom. The molecule has 0 radical (unpaired) electrons. The standard InChI is InChI=1S/C66H73N3O/c1-34(2)48-22-20-23-49(35(3)4)57(48)45-26-28-47(29-27-45)67-54-25-21-24-50-51-32-46(64(14,15)16)33-52-59(51)66(69(61(50)54)63(67)53-31-36(5)30-37(6)62(53)70-66)68-44(13)42(11)56(43(12)60(52)68)55-38(7)40(9)58(65(17,18)19)41(10)39(55)8/h20-35H,1-19H3/q+2/i34D,35D. The summed E-state index contributed by atoms with van der Waals surface area (Å²) in [5.74, 6) is -0.859. The number of pyridine rings is 1. The Morgan fingerprint density at radius 3 is 1.74 bits per heavy atom. The van der Waals surface area contributed by atoms with Gasteiger partial charge < -0.3 is 4.74 Å². The lowest BCUT2D eigenvalue weighted by Gasteiger charge is -2.34. The Kier molecular flexibility index (Phi) is 9.45. The van der Waals surface area contributed by atoms with Crippen molar-refractivity contribution in [1.82, 2.24) is 4.57 Å². The van der Waals surface area contributed by atoms with Gasteiger partial charge in [0, 0.05) is 37.5 Å². The van der Waals surface area contributed by atoms with Gasteiger partial charge in [0.05, 0.1) is 5.56 Å². The lowest BCUT2D eigenvalue weighted by atomic mass is 9.75. The van der Waals surface area contributed by atoms with E-state index in [1.165, 1.54) is 94.8 Å². The quantitative estimate of drug-likeness (QED) is 0.158. The van der Waals surface area contributed by atoms with Crippen LogP contribution in [-0.2, 0) is 16.7 Å². The molecule has 0 fully saturated rings. The summed E-state index contributed by atoms with van der Waals surface area (Å²) in [5.41, 5.74) is 31.0. The number of aryl methyl sites for hydroxylation is 2. The molecule has 0 aliphatic carbocycles. The number of imidazole rings is 1. The highest BCUT2D eigenvalue weighted by molar-refractivity contribution is 5.98. The van der Waals surface area contributed by atoms with Crippen molar-refractivity contribution < 1.29 is 16.6 Å². The second-order valence-electron chi connectivity index (χ2n) is 23.7. The van der Waals surface area contributed by atoms with E-state index in [-0.39, 0.29) is 10.8 Å². The number of benzene rings is 6. The Bertz CT molecular complexity index is 3660. The second-order valence-corrected chi connectivity index (χ2v) is 23.7. The van der Waals surface area contributed by atoms with Crippen LogP contribution in [-0.4, -0.2) is 4.57 Å². The summed E-state index contributed by atoms with van der Waals surface area (Å²) in [6.07, 6.45) is 0. The fourth-order valence-electron chi connectivity index (χ4n) is 13.4. The maximum absolute atomic E-state index is 9.24. The van der Waals surface area contributed by atoms with E-state index < -0.39 is 17.6 Å². The molecule has 2 aromatic heterocycles. The highest BCUT2D eigenvalue weighted by atomic mass is 16.5. The van der Waals surface area contributed by atoms with Crippen molar-refractivity contribution in [2.24, 2.45) is 0 Å². The van der Waals surface area contributed by atoms with E-state index in [1.807, 2.05) is 33.8 Å². The molecule has 0 saturated heterocycles. The van der Waals surface area contributed by atoms with E-state index in [4.69, 9.17) is 4.74 Å². The van der Waals surface area contributed by atoms with Gasteiger partial charge >= 0.3 is 11.7 Å². The molecule has 1 atom stereocenters. The van der Waals surface area contributed by atoms with Gasteiger partial charge in [-0.3, -0.25) is 0 Å². The van der Waals surface area contributed by atoms with Crippen molar-refractivity contribution in [3.63, 3.8) is 0 Å². The average molecular weight is 926 g/mol. The molecule has 8 aromatic rings. The molecule has 6 aromatic carbocycles. The molecule has 0 N–H and O–H groups in total. The minimum atomic E-state index is -1.10. The Hall–Kier alpha value is -6.26. The Labute approximate surface area is 420 Å². The van der Waals surface area contributed by atoms with E-state index in [0.29, 0.717) is 0 Å². The first-order valence-electron chi connectivity index (χ1n) is 26.5. The van der Waals surface area contributed by atoms with Gasteiger partial charge in [-0.2, -0.15) is 4.57 Å². The largest absolute Gasteiger partial charge is 0.499 e. The van der Waals surface area contributed by atoms with Gasteiger partial charge in [0.2, 0.25) is 5.69 Å². The van der Waals surface area contributed by atoms with Crippen LogP contribution in [0.2, 0.25) is 0 Å². The first-order chi connectivity index (χ1) is 33.5. The number of hydrogen-bond donors (Lipinski definition) is 0. The van der Waals surface area contributed by atoms with Gasteiger partial charge in [-0.25, -0.2) is 0 Å². The number of ether oxygens (including phenoxy) is 1. The molecule has 4 nitrogen and oxygen atoms in total. The van der Waals surface area contributed by atoms with Crippen LogP contribution < -0.4 is 13.9 Å². The molecule has 0 saturated carbocycles. The zero-order valence-electron chi connectivity index (χ0n) is 47.3. The fourth-order valence-corrected chi connectivity index (χ4v) is 13.4. The molecule has 3 aliphatic rings. The van der Waals surface area contributed by atoms with Gasteiger partial charge in [0.1, 0.15) is 16.8 Å². The molecule has 4 heteroatoms. The van der Waals surface area contributed by atoms with E-state index in [1.54, 1.807) is 0 Å². The third kappa shape index (κ3) is 6.01. The summed E-state index contributed by atoms with van der Waals surface area (Å²) in [7, 11) is 0. The smallest absolute Gasteiger partial charge is 0.392 e. The van der Waals surface area contributed by atoms with Crippen LogP contribution in [0.4, 0.5) is 0 Å². The van der Waals surface area contributed by atoms with Crippen LogP contribution in [0.1, 0.15) is 162 Å². The molecule has 356 valence electrons. The third-order valence-electron chi connectivity index (χ3n) is 16.7. The SMILES string of the molecule is [2H]C(C)(C)c1cccc(C([2H])(C)C)c1-c1ccc(-n2c3[n+]4c5c(cccc52)-c2cc(C(C)(C)C)cc5c2C4(Oc2c(C)cc(C)cc2-3)[n+]2c(C)c(C)c(-c3c(C)c(C)c(C(C)(C)C)c(C)c3C)c(C)c2-5)cc1. The van der Waals surface area contributed by atoms with Crippen molar-refractivity contribution in [3.05, 3.63) is 163 Å². The van der Waals surface area contributed by atoms with Crippen LogP contribution in [0.15, 0.2) is 84.9 Å². The van der Waals surface area contributed by atoms with Gasteiger partial charge in [0.25, 0.3) is 0 Å². The number of aromatic nitrogens is 3. The predicted octanol–water partition coefficient (Wildman–Crippen LogP) is 16.4. The maximum atomic E-state index is 9.24. The summed E-state index contributed by atoms with van der Waals surface area (Å²) < 4.78 is 34.2. The van der Waals surface area contributed by atoms with Crippen molar-refractivity contribution in [1.29, 1.82) is 0 Å². The third-order valence-corrected chi connectivity index (χ3v) is 16.7. The van der Waals surface area contributed by atoms with E-state index >= 15 is 0 Å². The van der Waals surface area contributed by atoms with Crippen molar-refractivity contribution >= 4 is 11.0 Å². The first-order valence-corrected chi connectivity index (χ1v) is 25.5. The maximum Gasteiger partial charge on any atom is 0.499 e. The summed E-state index contributed by atoms with van der Waals surface area (Å²) in [4.78, 5) is 0. The summed E-state index contributed by atoms with van der Waals surface area (Å²) in [6, 6.07) is 31.4. The number of rotatable bonds is 5. The molecule has 0 amide bonds. The van der Waals surface area contributed by atoms with Crippen LogP contribution in [0.3, 0.4) is 0 Å². The minimum Gasteiger partial charge on any atom is -0.392 e. The molecular formula is C66H73N3O+2. The predicted molar refractivity (Wildman–Crippen MR) is 292 cm³/mol. The molecule has 0 bridgehead atoms. The fraction of sp³-hybridized carbons (Fsp3) is 0.364. The van der Waals surface area contributed by atoms with E-state index in [9.17, 15) is 2.74 Å². The molecule has 3 aliphatic heterocycles. The number of hydrogen-bond acceptors (Lipinski definition) is 1. The van der Waals surface area contributed by atoms with Crippen molar-refractivity contribution in [2.75, 3.05) is 0 Å². The molecule has 70 heavy (non-hydrogen) atoms. The highest BCUT2D eigenvalue weighted by Crippen LogP contribution is 2.57. The normalized spacial score (nSPS) is 16.2. The topological polar surface area (TPSA) is 21.9 Å². The van der Waals surface area contributed by atoms with Crippen LogP contribution in [0.5, 0.6) is 5.75 Å². The van der Waals surface area contributed by atoms with Gasteiger partial charge in [0.15, 0.2) is 22.5 Å². The zero-order valence-corrected chi connectivity index (χ0v) is 45.3.